The quantitative estimate of drug-likeness (QED) is 0.549. The third-order valence-electron chi connectivity index (χ3n) is 6.43. The number of hydrogen-bond donors (Lipinski definition) is 2. The summed E-state index contributed by atoms with van der Waals surface area (Å²) < 4.78 is 45.4. The molecule has 0 radical (unpaired) electrons. The SMILES string of the molecule is COCc1cc2nc(N3CCC(N(C)C(=O)Nc4cc(C(F)(F)F)cn(C)c4=O)[C@@H](C)C3)cnc2[nH]1. The number of fused-ring (bicyclic) bond motifs is 1. The van der Waals surface area contributed by atoms with Crippen molar-refractivity contribution in [2.24, 2.45) is 13.0 Å². The van der Waals surface area contributed by atoms with Crippen LogP contribution in [-0.4, -0.2) is 63.7 Å². The van der Waals surface area contributed by atoms with Gasteiger partial charge >= 0.3 is 12.2 Å². The largest absolute Gasteiger partial charge is 0.417 e. The highest BCUT2D eigenvalue weighted by Crippen LogP contribution is 2.30. The van der Waals surface area contributed by atoms with Crippen molar-refractivity contribution < 1.29 is 22.7 Å². The van der Waals surface area contributed by atoms with Gasteiger partial charge in [0.1, 0.15) is 17.0 Å². The van der Waals surface area contributed by atoms with E-state index < -0.39 is 29.0 Å². The zero-order valence-corrected chi connectivity index (χ0v) is 20.4. The van der Waals surface area contributed by atoms with Gasteiger partial charge in [-0.1, -0.05) is 6.92 Å². The standard InChI is InChI=1S/C23H28F3N7O3/c1-13-10-33(19-9-27-20-16(29-19)8-15(28-20)12-36-4)6-5-18(13)32(3)22(35)30-17-7-14(23(24,25)26)11-31(2)21(17)34/h7-9,11,13,18H,5-6,10,12H2,1-4H3,(H,27,28)(H,30,35)/t13-,18?/m0/s1. The number of nitrogens with zero attached hydrogens (tertiary/aromatic N) is 5. The van der Waals surface area contributed by atoms with Gasteiger partial charge in [-0.05, 0) is 24.5 Å². The molecule has 10 nitrogen and oxygen atoms in total. The Labute approximate surface area is 205 Å². The van der Waals surface area contributed by atoms with Crippen LogP contribution in [0.5, 0.6) is 0 Å². The summed E-state index contributed by atoms with van der Waals surface area (Å²) in [5.41, 5.74) is 0.121. The fraction of sp³-hybridized carbons (Fsp3) is 0.478. The van der Waals surface area contributed by atoms with Gasteiger partial charge in [0.15, 0.2) is 5.65 Å². The minimum atomic E-state index is -4.64. The van der Waals surface area contributed by atoms with Crippen molar-refractivity contribution in [2.45, 2.75) is 32.2 Å². The number of methoxy groups -OCH3 is 1. The fourth-order valence-electron chi connectivity index (χ4n) is 4.56. The first kappa shape index (κ1) is 25.5. The molecule has 4 heterocycles. The zero-order chi connectivity index (χ0) is 26.2. The molecule has 1 unspecified atom stereocenters. The number of hydrogen-bond acceptors (Lipinski definition) is 6. The van der Waals surface area contributed by atoms with Crippen LogP contribution in [-0.2, 0) is 24.6 Å². The average molecular weight is 508 g/mol. The number of aromatic nitrogens is 4. The zero-order valence-electron chi connectivity index (χ0n) is 20.4. The van der Waals surface area contributed by atoms with Gasteiger partial charge < -0.3 is 29.4 Å². The number of aryl methyl sites for hydroxylation is 1. The summed E-state index contributed by atoms with van der Waals surface area (Å²) in [5, 5.41) is 2.36. The number of aromatic amines is 1. The number of amides is 2. The molecule has 36 heavy (non-hydrogen) atoms. The Morgan fingerprint density at radius 1 is 1.36 bits per heavy atom. The van der Waals surface area contributed by atoms with Gasteiger partial charge in [-0.15, -0.1) is 0 Å². The highest BCUT2D eigenvalue weighted by atomic mass is 19.4. The molecule has 2 amide bonds. The van der Waals surface area contributed by atoms with Crippen LogP contribution in [0.1, 0.15) is 24.6 Å². The first-order chi connectivity index (χ1) is 17.0. The fourth-order valence-corrected chi connectivity index (χ4v) is 4.56. The Balaban J connectivity index is 1.44. The maximum Gasteiger partial charge on any atom is 0.417 e. The highest BCUT2D eigenvalue weighted by molar-refractivity contribution is 5.89. The predicted octanol–water partition coefficient (Wildman–Crippen LogP) is 3.20. The second-order valence-corrected chi connectivity index (χ2v) is 9.07. The Morgan fingerprint density at radius 3 is 2.78 bits per heavy atom. The minimum Gasteiger partial charge on any atom is -0.378 e. The average Bonchev–Trinajstić information content (AvgIpc) is 3.22. The minimum absolute atomic E-state index is 0.0200. The summed E-state index contributed by atoms with van der Waals surface area (Å²) >= 11 is 0. The number of urea groups is 1. The predicted molar refractivity (Wildman–Crippen MR) is 128 cm³/mol. The summed E-state index contributed by atoms with van der Waals surface area (Å²) in [5.74, 6) is 0.738. The maximum atomic E-state index is 13.2. The smallest absolute Gasteiger partial charge is 0.378 e. The van der Waals surface area contributed by atoms with Crippen LogP contribution in [0.4, 0.5) is 29.5 Å². The molecular weight excluding hydrogens is 479 g/mol. The second kappa shape index (κ2) is 9.80. The summed E-state index contributed by atoms with van der Waals surface area (Å²) in [6, 6.07) is 1.72. The lowest BCUT2D eigenvalue weighted by atomic mass is 9.93. The van der Waals surface area contributed by atoms with Crippen molar-refractivity contribution in [1.82, 2.24) is 24.4 Å². The Morgan fingerprint density at radius 2 is 2.11 bits per heavy atom. The number of rotatable bonds is 5. The van der Waals surface area contributed by atoms with E-state index in [1.807, 2.05) is 13.0 Å². The molecule has 1 aliphatic heterocycles. The molecule has 3 aromatic heterocycles. The molecule has 194 valence electrons. The van der Waals surface area contributed by atoms with E-state index >= 15 is 0 Å². The first-order valence-electron chi connectivity index (χ1n) is 11.4. The Kier molecular flexibility index (Phi) is 6.94. The van der Waals surface area contributed by atoms with Gasteiger partial charge in [-0.2, -0.15) is 13.2 Å². The summed E-state index contributed by atoms with van der Waals surface area (Å²) in [6.07, 6.45) is -1.64. The summed E-state index contributed by atoms with van der Waals surface area (Å²) in [6.45, 7) is 3.62. The molecule has 4 rings (SSSR count). The van der Waals surface area contributed by atoms with Crippen molar-refractivity contribution in [3.63, 3.8) is 0 Å². The molecule has 0 saturated carbocycles. The molecule has 3 aromatic rings. The molecule has 1 saturated heterocycles. The molecular formula is C23H28F3N7O3. The monoisotopic (exact) mass is 507 g/mol. The van der Waals surface area contributed by atoms with Gasteiger partial charge in [-0.3, -0.25) is 4.79 Å². The van der Waals surface area contributed by atoms with Crippen molar-refractivity contribution in [2.75, 3.05) is 37.5 Å². The molecule has 0 bridgehead atoms. The van der Waals surface area contributed by atoms with Crippen LogP contribution in [0.15, 0.2) is 29.3 Å². The number of carbonyl (C=O) groups is 1. The van der Waals surface area contributed by atoms with E-state index in [0.717, 1.165) is 21.6 Å². The van der Waals surface area contributed by atoms with Crippen molar-refractivity contribution in [1.29, 1.82) is 0 Å². The third-order valence-corrected chi connectivity index (χ3v) is 6.43. The number of pyridine rings is 1. The molecule has 2 N–H and O–H groups in total. The van der Waals surface area contributed by atoms with Crippen molar-refractivity contribution in [3.05, 3.63) is 46.1 Å². The Hall–Kier alpha value is -3.61. The molecule has 1 fully saturated rings. The summed E-state index contributed by atoms with van der Waals surface area (Å²) in [7, 11) is 4.40. The van der Waals surface area contributed by atoms with Crippen molar-refractivity contribution >= 4 is 28.7 Å². The van der Waals surface area contributed by atoms with Gasteiger partial charge in [0.25, 0.3) is 5.56 Å². The van der Waals surface area contributed by atoms with E-state index in [0.29, 0.717) is 44.0 Å². The van der Waals surface area contributed by atoms with Gasteiger partial charge in [0.2, 0.25) is 0 Å². The molecule has 13 heteroatoms. The van der Waals surface area contributed by atoms with E-state index in [2.05, 4.69) is 20.2 Å². The number of anilines is 2. The topological polar surface area (TPSA) is 108 Å². The molecule has 0 spiro atoms. The molecule has 0 aliphatic carbocycles. The van der Waals surface area contributed by atoms with Gasteiger partial charge in [0.05, 0.1) is 18.4 Å². The molecule has 2 atom stereocenters. The lowest BCUT2D eigenvalue weighted by Gasteiger charge is -2.41. The van der Waals surface area contributed by atoms with Crippen LogP contribution in [0, 0.1) is 5.92 Å². The highest BCUT2D eigenvalue weighted by Gasteiger charge is 2.34. The number of piperidine rings is 1. The van der Waals surface area contributed by atoms with Crippen LogP contribution < -0.4 is 15.8 Å². The van der Waals surface area contributed by atoms with Crippen LogP contribution in [0.3, 0.4) is 0 Å². The lowest BCUT2D eigenvalue weighted by molar-refractivity contribution is -0.138. The maximum absolute atomic E-state index is 13.2. The third kappa shape index (κ3) is 5.15. The molecule has 0 aromatic carbocycles. The number of halogens is 3. The van der Waals surface area contributed by atoms with E-state index in [9.17, 15) is 22.8 Å². The number of carbonyl (C=O) groups excluding carboxylic acids is 1. The van der Waals surface area contributed by atoms with Gasteiger partial charge in [0, 0.05) is 52.2 Å². The number of H-pyrrole nitrogens is 1. The number of ether oxygens (including phenoxy) is 1. The van der Waals surface area contributed by atoms with E-state index in [-0.39, 0.29) is 12.0 Å². The second-order valence-electron chi connectivity index (χ2n) is 9.07. The van der Waals surface area contributed by atoms with Crippen LogP contribution in [0.2, 0.25) is 0 Å². The first-order valence-corrected chi connectivity index (χ1v) is 11.4. The van der Waals surface area contributed by atoms with Crippen LogP contribution >= 0.6 is 0 Å². The number of nitrogens with one attached hydrogen (secondary N) is 2. The Bertz CT molecular complexity index is 1320. The van der Waals surface area contributed by atoms with Gasteiger partial charge in [-0.25, -0.2) is 14.8 Å². The van der Waals surface area contributed by atoms with E-state index in [4.69, 9.17) is 9.72 Å². The number of alkyl halides is 3. The van der Waals surface area contributed by atoms with E-state index in [1.54, 1.807) is 20.4 Å². The van der Waals surface area contributed by atoms with E-state index in [1.165, 1.54) is 11.9 Å². The lowest BCUT2D eigenvalue weighted by Crippen LogP contribution is -2.52. The molecule has 1 aliphatic rings. The van der Waals surface area contributed by atoms with Crippen LogP contribution in [0.25, 0.3) is 11.2 Å². The normalized spacial score (nSPS) is 18.5. The summed E-state index contributed by atoms with van der Waals surface area (Å²) in [4.78, 5) is 41.0. The van der Waals surface area contributed by atoms with Crippen molar-refractivity contribution in [3.8, 4) is 0 Å².